The summed E-state index contributed by atoms with van der Waals surface area (Å²) in [6, 6.07) is 12.9. The molecule has 0 spiro atoms. The molecule has 33 heavy (non-hydrogen) atoms. The molecule has 2 aromatic carbocycles. The Balaban J connectivity index is 1.35. The van der Waals surface area contributed by atoms with Crippen LogP contribution in [0.3, 0.4) is 0 Å². The number of hydrogen-bond acceptors (Lipinski definition) is 6. The van der Waals surface area contributed by atoms with Crippen molar-refractivity contribution in [2.45, 2.75) is 19.9 Å². The van der Waals surface area contributed by atoms with Gasteiger partial charge < -0.3 is 24.5 Å². The van der Waals surface area contributed by atoms with E-state index in [2.05, 4.69) is 15.5 Å². The van der Waals surface area contributed by atoms with Crippen molar-refractivity contribution in [3.8, 4) is 5.75 Å². The van der Waals surface area contributed by atoms with Gasteiger partial charge in [0.1, 0.15) is 17.1 Å². The van der Waals surface area contributed by atoms with Gasteiger partial charge in [-0.05, 0) is 42.8 Å². The number of hydrogen-bond donors (Lipinski definition) is 2. The molecule has 8 nitrogen and oxygen atoms in total. The smallest absolute Gasteiger partial charge is 0.255 e. The molecule has 1 fully saturated rings. The first kappa shape index (κ1) is 22.8. The minimum absolute atomic E-state index is 0.0304. The average molecular weight is 452 g/mol. The number of aryl methyl sites for hydroxylation is 1. The van der Waals surface area contributed by atoms with Crippen molar-refractivity contribution in [1.29, 1.82) is 0 Å². The van der Waals surface area contributed by atoms with E-state index in [9.17, 15) is 9.59 Å². The van der Waals surface area contributed by atoms with Gasteiger partial charge in [-0.2, -0.15) is 0 Å². The Morgan fingerprint density at radius 1 is 1.12 bits per heavy atom. The van der Waals surface area contributed by atoms with E-state index in [0.717, 1.165) is 31.9 Å². The van der Waals surface area contributed by atoms with Crippen LogP contribution < -0.4 is 15.4 Å². The maximum atomic E-state index is 12.9. The molecule has 1 aliphatic rings. The Labute approximate surface area is 192 Å². The lowest BCUT2D eigenvalue weighted by Crippen LogP contribution is -2.38. The molecule has 0 aliphatic carbocycles. The van der Waals surface area contributed by atoms with Gasteiger partial charge in [0.2, 0.25) is 5.91 Å². The van der Waals surface area contributed by atoms with Crippen LogP contribution in [0.2, 0.25) is 0 Å². The molecule has 0 radical (unpaired) electrons. The number of anilines is 1. The summed E-state index contributed by atoms with van der Waals surface area (Å²) in [6.07, 6.45) is 0.428. The first-order chi connectivity index (χ1) is 16.0. The number of carbonyl (C=O) groups is 2. The molecule has 2 heterocycles. The van der Waals surface area contributed by atoms with Crippen LogP contribution in [0.5, 0.6) is 5.75 Å². The van der Waals surface area contributed by atoms with Crippen molar-refractivity contribution in [2.24, 2.45) is 0 Å². The van der Waals surface area contributed by atoms with Crippen LogP contribution in [-0.2, 0) is 16.1 Å². The van der Waals surface area contributed by atoms with Crippen LogP contribution >= 0.6 is 0 Å². The van der Waals surface area contributed by atoms with E-state index in [4.69, 9.17) is 13.9 Å². The lowest BCUT2D eigenvalue weighted by atomic mass is 10.1. The summed E-state index contributed by atoms with van der Waals surface area (Å²) in [5, 5.41) is 6.61. The predicted molar refractivity (Wildman–Crippen MR) is 126 cm³/mol. The Kier molecular flexibility index (Phi) is 7.26. The Hall–Kier alpha value is -3.36. The minimum Gasteiger partial charge on any atom is -0.497 e. The third-order valence-electron chi connectivity index (χ3n) is 5.72. The normalized spacial score (nSPS) is 14.2. The molecule has 2 amide bonds. The topological polar surface area (TPSA) is 93.0 Å². The summed E-state index contributed by atoms with van der Waals surface area (Å²) >= 11 is 0. The number of nitrogens with one attached hydrogen (secondary N) is 2. The van der Waals surface area contributed by atoms with Crippen molar-refractivity contribution < 1.29 is 23.5 Å². The number of morpholine rings is 1. The number of amides is 2. The van der Waals surface area contributed by atoms with Crippen LogP contribution in [0.1, 0.15) is 28.1 Å². The first-order valence-electron chi connectivity index (χ1n) is 11.1. The summed E-state index contributed by atoms with van der Waals surface area (Å²) in [6.45, 7) is 5.98. The summed E-state index contributed by atoms with van der Waals surface area (Å²) in [5.74, 6) is 0.961. The molecule has 174 valence electrons. The number of furan rings is 1. The van der Waals surface area contributed by atoms with E-state index in [-0.39, 0.29) is 11.8 Å². The second kappa shape index (κ2) is 10.5. The fourth-order valence-electron chi connectivity index (χ4n) is 3.95. The number of ether oxygens (including phenoxy) is 2. The van der Waals surface area contributed by atoms with Gasteiger partial charge in [-0.25, -0.2) is 0 Å². The number of benzene rings is 2. The summed E-state index contributed by atoms with van der Waals surface area (Å²) < 4.78 is 16.3. The third kappa shape index (κ3) is 5.71. The van der Waals surface area contributed by atoms with E-state index < -0.39 is 0 Å². The highest BCUT2D eigenvalue weighted by molar-refractivity contribution is 6.07. The fourth-order valence-corrected chi connectivity index (χ4v) is 3.95. The average Bonchev–Trinajstić information content (AvgIpc) is 3.17. The Morgan fingerprint density at radius 3 is 2.73 bits per heavy atom. The molecule has 0 unspecified atom stereocenters. The van der Waals surface area contributed by atoms with Gasteiger partial charge in [0.25, 0.3) is 5.91 Å². The van der Waals surface area contributed by atoms with E-state index in [1.54, 1.807) is 32.2 Å². The van der Waals surface area contributed by atoms with E-state index in [0.29, 0.717) is 53.2 Å². The Bertz CT molecular complexity index is 1130. The van der Waals surface area contributed by atoms with Gasteiger partial charge in [-0.3, -0.25) is 14.5 Å². The fraction of sp³-hybridized carbons (Fsp3) is 0.360. The van der Waals surface area contributed by atoms with E-state index in [1.165, 1.54) is 0 Å². The van der Waals surface area contributed by atoms with E-state index >= 15 is 0 Å². The molecular weight excluding hydrogens is 422 g/mol. The van der Waals surface area contributed by atoms with Gasteiger partial charge in [0.05, 0.1) is 25.9 Å². The van der Waals surface area contributed by atoms with Crippen LogP contribution in [0, 0.1) is 6.92 Å². The van der Waals surface area contributed by atoms with Gasteiger partial charge in [-0.15, -0.1) is 0 Å². The van der Waals surface area contributed by atoms with Gasteiger partial charge in [-0.1, -0.05) is 12.1 Å². The van der Waals surface area contributed by atoms with Crippen LogP contribution in [0.15, 0.2) is 46.9 Å². The highest BCUT2D eigenvalue weighted by atomic mass is 16.5. The van der Waals surface area contributed by atoms with Crippen LogP contribution in [0.25, 0.3) is 11.0 Å². The molecule has 4 rings (SSSR count). The number of carbonyl (C=O) groups excluding carboxylic acids is 2. The van der Waals surface area contributed by atoms with Crippen molar-refractivity contribution in [3.05, 3.63) is 59.4 Å². The molecule has 8 heteroatoms. The number of rotatable bonds is 8. The maximum absolute atomic E-state index is 12.9. The van der Waals surface area contributed by atoms with Gasteiger partial charge in [0.15, 0.2) is 0 Å². The van der Waals surface area contributed by atoms with Crippen LogP contribution in [0.4, 0.5) is 5.69 Å². The van der Waals surface area contributed by atoms with Crippen molar-refractivity contribution in [1.82, 2.24) is 10.2 Å². The zero-order chi connectivity index (χ0) is 23.2. The maximum Gasteiger partial charge on any atom is 0.255 e. The number of methoxy groups -OCH3 is 1. The highest BCUT2D eigenvalue weighted by Gasteiger charge is 2.19. The van der Waals surface area contributed by atoms with E-state index in [1.807, 2.05) is 24.3 Å². The summed E-state index contributed by atoms with van der Waals surface area (Å²) in [5.41, 5.74) is 2.73. The molecule has 2 N–H and O–H groups in total. The molecule has 3 aromatic rings. The van der Waals surface area contributed by atoms with Crippen molar-refractivity contribution >= 4 is 28.5 Å². The third-order valence-corrected chi connectivity index (χ3v) is 5.72. The number of nitrogens with zero attached hydrogens (tertiary/aromatic N) is 1. The summed E-state index contributed by atoms with van der Waals surface area (Å²) in [7, 11) is 1.59. The quantitative estimate of drug-likeness (QED) is 0.546. The summed E-state index contributed by atoms with van der Waals surface area (Å²) in [4.78, 5) is 27.5. The lowest BCUT2D eigenvalue weighted by Gasteiger charge is -2.26. The van der Waals surface area contributed by atoms with Crippen molar-refractivity contribution in [2.75, 3.05) is 45.3 Å². The van der Waals surface area contributed by atoms with Gasteiger partial charge in [0, 0.05) is 43.7 Å². The molecule has 1 saturated heterocycles. The largest absolute Gasteiger partial charge is 0.497 e. The monoisotopic (exact) mass is 451 g/mol. The molecule has 1 aromatic heterocycles. The van der Waals surface area contributed by atoms with Gasteiger partial charge >= 0.3 is 0 Å². The highest BCUT2D eigenvalue weighted by Crippen LogP contribution is 2.29. The zero-order valence-corrected chi connectivity index (χ0v) is 19.0. The second-order valence-electron chi connectivity index (χ2n) is 8.03. The first-order valence-corrected chi connectivity index (χ1v) is 11.1. The lowest BCUT2D eigenvalue weighted by molar-refractivity contribution is -0.116. The second-order valence-corrected chi connectivity index (χ2v) is 8.03. The zero-order valence-electron chi connectivity index (χ0n) is 19.0. The Morgan fingerprint density at radius 2 is 1.94 bits per heavy atom. The molecular formula is C25H29N3O5. The van der Waals surface area contributed by atoms with Crippen molar-refractivity contribution in [3.63, 3.8) is 0 Å². The predicted octanol–water partition coefficient (Wildman–Crippen LogP) is 3.34. The standard InChI is InChI=1S/C25H29N3O5/c1-17-24(21-15-20(31-2)6-7-22(21)33-17)25(30)26-16-18-4-3-5-19(14-18)27-23(29)8-9-28-10-12-32-13-11-28/h3-7,14-15H,8-13,16H2,1-2H3,(H,26,30)(H,27,29). The molecule has 0 saturated carbocycles. The van der Waals surface area contributed by atoms with Crippen LogP contribution in [-0.4, -0.2) is 56.7 Å². The molecule has 0 bridgehead atoms. The SMILES string of the molecule is COc1ccc2oc(C)c(C(=O)NCc3cccc(NC(=O)CCN4CCOCC4)c3)c2c1. The number of fused-ring (bicyclic) bond motifs is 1. The molecule has 1 aliphatic heterocycles. The minimum atomic E-state index is -0.223. The molecule has 0 atom stereocenters.